The Morgan fingerprint density at radius 3 is 1.62 bits per heavy atom. The van der Waals surface area contributed by atoms with Crippen LogP contribution in [0.4, 0.5) is 0 Å². The Morgan fingerprint density at radius 1 is 0.640 bits per heavy atom. The van der Waals surface area contributed by atoms with Gasteiger partial charge in [-0.15, -0.1) is 71.4 Å². The smallest absolute Gasteiger partial charge is 0.313 e. The second kappa shape index (κ2) is 15.3. The van der Waals surface area contributed by atoms with Gasteiger partial charge in [-0.05, 0) is 72.2 Å². The second-order valence-corrected chi connectivity index (χ2v) is 15.7. The number of aryl methyl sites for hydroxylation is 3. The third kappa shape index (κ3) is 7.50. The fraction of sp³-hybridized carbons (Fsp3) is 0.318. The van der Waals surface area contributed by atoms with Crippen LogP contribution in [0.2, 0.25) is 0 Å². The Kier molecular flexibility index (Phi) is 11.1. The Balaban J connectivity index is 0.00000432. The Bertz CT molecular complexity index is 2090. The summed E-state index contributed by atoms with van der Waals surface area (Å²) in [5.41, 5.74) is 11.7. The number of imidazole rings is 2. The Morgan fingerprint density at radius 2 is 1.12 bits per heavy atom. The van der Waals surface area contributed by atoms with Crippen molar-refractivity contribution >= 4 is 11.8 Å². The van der Waals surface area contributed by atoms with Crippen LogP contribution in [0.5, 0.6) is 0 Å². The number of nitrogens with zero attached hydrogens (tertiary/aromatic N) is 4. The fourth-order valence-corrected chi connectivity index (χ4v) is 7.98. The molecule has 2 aromatic heterocycles. The zero-order chi connectivity index (χ0) is 34.2. The maximum atomic E-state index is 5.41. The van der Waals surface area contributed by atoms with Crippen molar-refractivity contribution < 1.29 is 21.1 Å². The van der Waals surface area contributed by atoms with Crippen LogP contribution < -0.4 is 0 Å². The molecule has 258 valence electrons. The van der Waals surface area contributed by atoms with Crippen molar-refractivity contribution in [2.75, 3.05) is 0 Å². The van der Waals surface area contributed by atoms with Crippen LogP contribution >= 0.6 is 11.8 Å². The SMILES string of the molecule is Cc1cccc(C(C)C)c1-n1cc2nc1CCc1nc(cn1-c1c(CC(C)C)cccc1CC(C)C)-c1[c-]c(ccc1)Sc1[c-]c-2ccc1.[Pt+2]. The largest absolute Gasteiger partial charge is 2.00 e. The molecule has 0 fully saturated rings. The minimum atomic E-state index is 0. The first kappa shape index (κ1) is 36.1. The molecule has 0 radical (unpaired) electrons. The first-order chi connectivity index (χ1) is 23.6. The van der Waals surface area contributed by atoms with E-state index in [4.69, 9.17) is 9.97 Å². The number of rotatable bonds is 7. The van der Waals surface area contributed by atoms with E-state index in [1.807, 2.05) is 0 Å². The summed E-state index contributed by atoms with van der Waals surface area (Å²) in [6.45, 7) is 16.0. The van der Waals surface area contributed by atoms with Gasteiger partial charge in [0.15, 0.2) is 0 Å². The first-order valence-electron chi connectivity index (χ1n) is 17.8. The molecule has 6 heteroatoms. The van der Waals surface area contributed by atoms with E-state index in [1.54, 1.807) is 11.8 Å². The molecular formula is C44H46N4PtS. The summed E-state index contributed by atoms with van der Waals surface area (Å²) in [5, 5.41) is 0. The summed E-state index contributed by atoms with van der Waals surface area (Å²) >= 11 is 1.68. The third-order valence-electron chi connectivity index (χ3n) is 9.27. The van der Waals surface area contributed by atoms with E-state index < -0.39 is 0 Å². The van der Waals surface area contributed by atoms with E-state index in [0.29, 0.717) is 17.8 Å². The maximum absolute atomic E-state index is 5.41. The number of hydrogen-bond acceptors (Lipinski definition) is 3. The number of para-hydroxylation sites is 2. The zero-order valence-corrected chi connectivity index (χ0v) is 33.2. The molecule has 6 aromatic rings. The van der Waals surface area contributed by atoms with Gasteiger partial charge in [-0.25, -0.2) is 0 Å². The van der Waals surface area contributed by atoms with Crippen molar-refractivity contribution in [2.24, 2.45) is 11.8 Å². The molecule has 0 aliphatic carbocycles. The predicted molar refractivity (Wildman–Crippen MR) is 203 cm³/mol. The summed E-state index contributed by atoms with van der Waals surface area (Å²) in [4.78, 5) is 12.9. The molecule has 1 aliphatic rings. The van der Waals surface area contributed by atoms with Gasteiger partial charge in [0.05, 0.1) is 11.4 Å². The van der Waals surface area contributed by atoms with Crippen LogP contribution in [0, 0.1) is 30.9 Å². The average molecular weight is 858 g/mol. The Hall–Kier alpha value is -3.66. The summed E-state index contributed by atoms with van der Waals surface area (Å²) in [6.07, 6.45) is 7.99. The number of hydrogen-bond donors (Lipinski definition) is 0. The van der Waals surface area contributed by atoms with E-state index in [9.17, 15) is 0 Å². The van der Waals surface area contributed by atoms with Gasteiger partial charge >= 0.3 is 21.1 Å². The van der Waals surface area contributed by atoms with Gasteiger partial charge in [0.1, 0.15) is 11.6 Å². The molecule has 0 spiro atoms. The van der Waals surface area contributed by atoms with Crippen molar-refractivity contribution in [3.05, 3.63) is 131 Å². The molecule has 4 aromatic carbocycles. The molecule has 0 unspecified atom stereocenters. The Labute approximate surface area is 317 Å². The molecule has 0 amide bonds. The molecule has 1 aliphatic heterocycles. The van der Waals surface area contributed by atoms with Crippen LogP contribution in [0.15, 0.2) is 95.0 Å². The standard InChI is InChI=1S/C44H46N4S.Pt/c1-28(2)22-34-15-9-16-35(23-29(3)4)44(34)48-27-40-33-14-11-18-37(25-33)49-36-17-10-13-32(24-36)39-26-47(41(45-39)20-21-42(48)46-40)43-31(7)12-8-19-38(43)30(5)6;/h8-19,26-30H,20-23H2,1-7H3;/q-2;+2. The average Bonchev–Trinajstić information content (AvgIpc) is 3.68. The molecule has 0 saturated carbocycles. The van der Waals surface area contributed by atoms with Gasteiger partial charge in [-0.1, -0.05) is 87.7 Å². The minimum Gasteiger partial charge on any atom is -0.313 e. The summed E-state index contributed by atoms with van der Waals surface area (Å²) in [6, 6.07) is 33.6. The van der Waals surface area contributed by atoms with Gasteiger partial charge in [-0.2, -0.15) is 0 Å². The predicted octanol–water partition coefficient (Wildman–Crippen LogP) is 11.1. The van der Waals surface area contributed by atoms with Crippen molar-refractivity contribution in [3.8, 4) is 33.9 Å². The molecule has 7 rings (SSSR count). The number of aromatic nitrogens is 4. The fourth-order valence-electron chi connectivity index (χ4n) is 7.13. The van der Waals surface area contributed by atoms with Crippen LogP contribution in [-0.4, -0.2) is 19.1 Å². The minimum absolute atomic E-state index is 0. The zero-order valence-electron chi connectivity index (χ0n) is 30.2. The van der Waals surface area contributed by atoms with Gasteiger partial charge in [0, 0.05) is 24.2 Å². The molecular weight excluding hydrogens is 812 g/mol. The molecule has 8 bridgehead atoms. The second-order valence-electron chi connectivity index (χ2n) is 14.6. The molecule has 0 N–H and O–H groups in total. The van der Waals surface area contributed by atoms with E-state index in [2.05, 4.69) is 155 Å². The molecule has 0 atom stereocenters. The van der Waals surface area contributed by atoms with Gasteiger partial charge in [0.25, 0.3) is 0 Å². The van der Waals surface area contributed by atoms with Crippen molar-refractivity contribution in [1.29, 1.82) is 0 Å². The van der Waals surface area contributed by atoms with Crippen molar-refractivity contribution in [1.82, 2.24) is 19.1 Å². The van der Waals surface area contributed by atoms with E-state index in [-0.39, 0.29) is 21.1 Å². The summed E-state index contributed by atoms with van der Waals surface area (Å²) < 4.78 is 4.75. The van der Waals surface area contributed by atoms with Gasteiger partial charge < -0.3 is 9.13 Å². The monoisotopic (exact) mass is 857 g/mol. The molecule has 50 heavy (non-hydrogen) atoms. The normalized spacial score (nSPS) is 12.6. The van der Waals surface area contributed by atoms with Crippen LogP contribution in [-0.2, 0) is 46.7 Å². The molecule has 3 heterocycles. The maximum Gasteiger partial charge on any atom is 2.00 e. The van der Waals surface area contributed by atoms with E-state index in [1.165, 1.54) is 33.6 Å². The van der Waals surface area contributed by atoms with Crippen LogP contribution in [0.1, 0.15) is 81.4 Å². The molecule has 4 nitrogen and oxygen atoms in total. The topological polar surface area (TPSA) is 35.6 Å². The third-order valence-corrected chi connectivity index (χ3v) is 10.2. The van der Waals surface area contributed by atoms with Gasteiger partial charge in [0.2, 0.25) is 0 Å². The number of fused-ring (bicyclic) bond motifs is 10. The quantitative estimate of drug-likeness (QED) is 0.150. The van der Waals surface area contributed by atoms with Crippen LogP contribution in [0.25, 0.3) is 33.9 Å². The molecule has 0 saturated heterocycles. The van der Waals surface area contributed by atoms with Crippen molar-refractivity contribution in [2.45, 2.75) is 89.9 Å². The van der Waals surface area contributed by atoms with Crippen molar-refractivity contribution in [3.63, 3.8) is 0 Å². The van der Waals surface area contributed by atoms with Crippen LogP contribution in [0.3, 0.4) is 0 Å². The van der Waals surface area contributed by atoms with E-state index in [0.717, 1.165) is 69.6 Å². The van der Waals surface area contributed by atoms with E-state index >= 15 is 0 Å². The summed E-state index contributed by atoms with van der Waals surface area (Å²) in [5.74, 6) is 3.54. The van der Waals surface area contributed by atoms with Gasteiger partial charge in [-0.3, -0.25) is 9.97 Å². The summed E-state index contributed by atoms with van der Waals surface area (Å²) in [7, 11) is 0. The number of benzene rings is 4. The first-order valence-corrected chi connectivity index (χ1v) is 18.6.